The van der Waals surface area contributed by atoms with Crippen molar-refractivity contribution in [1.29, 1.82) is 0 Å². The zero-order valence-corrected chi connectivity index (χ0v) is 11.8. The number of aromatic nitrogens is 2. The molecule has 1 aliphatic heterocycles. The van der Waals surface area contributed by atoms with Gasteiger partial charge in [0.1, 0.15) is 5.76 Å². The molecule has 0 unspecified atom stereocenters. The molecule has 0 aliphatic carbocycles. The maximum absolute atomic E-state index is 5.11. The van der Waals surface area contributed by atoms with E-state index < -0.39 is 0 Å². The molecule has 1 saturated heterocycles. The molecule has 20 heavy (non-hydrogen) atoms. The van der Waals surface area contributed by atoms with Gasteiger partial charge in [-0.3, -0.25) is 14.8 Å². The predicted octanol–water partition coefficient (Wildman–Crippen LogP) is 1.70. The summed E-state index contributed by atoms with van der Waals surface area (Å²) in [4.78, 5) is 9.11. The Balaban J connectivity index is 1.49. The van der Waals surface area contributed by atoms with Gasteiger partial charge in [-0.2, -0.15) is 0 Å². The van der Waals surface area contributed by atoms with Gasteiger partial charge in [0.2, 0.25) is 0 Å². The summed E-state index contributed by atoms with van der Waals surface area (Å²) in [6, 6.07) is 4.14. The Labute approximate surface area is 119 Å². The molecule has 0 radical (unpaired) electrons. The highest BCUT2D eigenvalue weighted by Gasteiger charge is 2.18. The fraction of sp³-hybridized carbons (Fsp3) is 0.467. The van der Waals surface area contributed by atoms with Crippen LogP contribution in [0.4, 0.5) is 0 Å². The zero-order chi connectivity index (χ0) is 13.8. The van der Waals surface area contributed by atoms with Crippen LogP contribution < -0.4 is 0 Å². The maximum atomic E-state index is 5.11. The van der Waals surface area contributed by atoms with Gasteiger partial charge in [0.15, 0.2) is 0 Å². The molecule has 3 rings (SSSR count). The third kappa shape index (κ3) is 3.23. The van der Waals surface area contributed by atoms with Crippen molar-refractivity contribution in [2.24, 2.45) is 0 Å². The third-order valence-electron chi connectivity index (χ3n) is 3.84. The zero-order valence-electron chi connectivity index (χ0n) is 11.8. The number of nitrogens with zero attached hydrogens (tertiary/aromatic N) is 4. The molecule has 0 bridgehead atoms. The molecule has 2 aromatic heterocycles. The second-order valence-electron chi connectivity index (χ2n) is 5.32. The number of hydrogen-bond acceptors (Lipinski definition) is 5. The number of rotatable bonds is 4. The molecule has 0 saturated carbocycles. The topological polar surface area (TPSA) is 45.4 Å². The van der Waals surface area contributed by atoms with Crippen LogP contribution in [0.2, 0.25) is 0 Å². The van der Waals surface area contributed by atoms with E-state index in [1.165, 1.54) is 11.1 Å². The van der Waals surface area contributed by atoms with E-state index in [4.69, 9.17) is 4.52 Å². The van der Waals surface area contributed by atoms with Crippen LogP contribution in [0, 0.1) is 6.92 Å². The summed E-state index contributed by atoms with van der Waals surface area (Å²) in [6.45, 7) is 8.28. The lowest BCUT2D eigenvalue weighted by molar-refractivity contribution is 0.121. The van der Waals surface area contributed by atoms with Crippen LogP contribution in [-0.2, 0) is 13.1 Å². The Morgan fingerprint density at radius 3 is 2.45 bits per heavy atom. The van der Waals surface area contributed by atoms with Crippen LogP contribution >= 0.6 is 0 Å². The second-order valence-corrected chi connectivity index (χ2v) is 5.32. The molecule has 3 heterocycles. The Morgan fingerprint density at radius 2 is 1.85 bits per heavy atom. The fourth-order valence-corrected chi connectivity index (χ4v) is 2.57. The molecule has 2 aromatic rings. The first kappa shape index (κ1) is 13.3. The van der Waals surface area contributed by atoms with Gasteiger partial charge in [0.05, 0.1) is 6.20 Å². The minimum atomic E-state index is 0.933. The standard InChI is InChI=1S/C15H20N4O/c1-13-15(10-17-20-13)12-19-7-5-18(6-8-19)11-14-3-2-4-16-9-14/h2-4,9-10H,5-8,11-12H2,1H3. The number of piperazine rings is 1. The lowest BCUT2D eigenvalue weighted by Crippen LogP contribution is -2.45. The number of hydrogen-bond donors (Lipinski definition) is 0. The molecule has 0 N–H and O–H groups in total. The van der Waals surface area contributed by atoms with E-state index in [0.29, 0.717) is 0 Å². The Morgan fingerprint density at radius 1 is 1.10 bits per heavy atom. The van der Waals surface area contributed by atoms with E-state index in [2.05, 4.69) is 26.0 Å². The van der Waals surface area contributed by atoms with Crippen LogP contribution in [0.3, 0.4) is 0 Å². The van der Waals surface area contributed by atoms with Gasteiger partial charge in [0.25, 0.3) is 0 Å². The lowest BCUT2D eigenvalue weighted by atomic mass is 10.2. The summed E-state index contributed by atoms with van der Waals surface area (Å²) in [6.07, 6.45) is 5.60. The van der Waals surface area contributed by atoms with Crippen molar-refractivity contribution in [3.05, 3.63) is 47.6 Å². The van der Waals surface area contributed by atoms with Crippen molar-refractivity contribution >= 4 is 0 Å². The van der Waals surface area contributed by atoms with E-state index in [0.717, 1.165) is 45.0 Å². The van der Waals surface area contributed by atoms with Gasteiger partial charge in [-0.15, -0.1) is 0 Å². The first-order chi connectivity index (χ1) is 9.81. The highest BCUT2D eigenvalue weighted by molar-refractivity contribution is 5.11. The van der Waals surface area contributed by atoms with Crippen molar-refractivity contribution in [2.75, 3.05) is 26.2 Å². The van der Waals surface area contributed by atoms with Crippen LogP contribution in [0.25, 0.3) is 0 Å². The maximum Gasteiger partial charge on any atom is 0.138 e. The molecule has 5 nitrogen and oxygen atoms in total. The van der Waals surface area contributed by atoms with Gasteiger partial charge in [-0.1, -0.05) is 11.2 Å². The Hall–Kier alpha value is -1.72. The van der Waals surface area contributed by atoms with Gasteiger partial charge in [0, 0.05) is 57.2 Å². The first-order valence-corrected chi connectivity index (χ1v) is 7.05. The summed E-state index contributed by atoms with van der Waals surface area (Å²) < 4.78 is 5.11. The van der Waals surface area contributed by atoms with Crippen LogP contribution in [0.15, 0.2) is 35.2 Å². The average Bonchev–Trinajstić information content (AvgIpc) is 2.88. The minimum absolute atomic E-state index is 0.933. The van der Waals surface area contributed by atoms with E-state index >= 15 is 0 Å². The quantitative estimate of drug-likeness (QED) is 0.847. The molecule has 106 valence electrons. The normalized spacial score (nSPS) is 17.4. The van der Waals surface area contributed by atoms with Gasteiger partial charge >= 0.3 is 0 Å². The summed E-state index contributed by atoms with van der Waals surface area (Å²) in [5.74, 6) is 0.933. The van der Waals surface area contributed by atoms with Gasteiger partial charge in [-0.25, -0.2) is 0 Å². The Kier molecular flexibility index (Phi) is 4.08. The summed E-state index contributed by atoms with van der Waals surface area (Å²) >= 11 is 0. The minimum Gasteiger partial charge on any atom is -0.361 e. The molecule has 0 atom stereocenters. The third-order valence-corrected chi connectivity index (χ3v) is 3.84. The van der Waals surface area contributed by atoms with Gasteiger partial charge in [-0.05, 0) is 18.6 Å². The van der Waals surface area contributed by atoms with Crippen molar-refractivity contribution in [2.45, 2.75) is 20.0 Å². The monoisotopic (exact) mass is 272 g/mol. The van der Waals surface area contributed by atoms with E-state index in [1.807, 2.05) is 31.6 Å². The smallest absolute Gasteiger partial charge is 0.138 e. The highest BCUT2D eigenvalue weighted by atomic mass is 16.5. The average molecular weight is 272 g/mol. The van der Waals surface area contributed by atoms with Crippen LogP contribution in [-0.4, -0.2) is 46.1 Å². The molecule has 1 fully saturated rings. The highest BCUT2D eigenvalue weighted by Crippen LogP contribution is 2.13. The molecular formula is C15H20N4O. The predicted molar refractivity (Wildman–Crippen MR) is 76.0 cm³/mol. The molecule has 1 aliphatic rings. The number of pyridine rings is 1. The van der Waals surface area contributed by atoms with E-state index in [9.17, 15) is 0 Å². The molecule has 5 heteroatoms. The van der Waals surface area contributed by atoms with Crippen molar-refractivity contribution in [3.63, 3.8) is 0 Å². The SMILES string of the molecule is Cc1oncc1CN1CCN(Cc2cccnc2)CC1. The fourth-order valence-electron chi connectivity index (χ4n) is 2.57. The number of aryl methyl sites for hydroxylation is 1. The molecular weight excluding hydrogens is 252 g/mol. The Bertz CT molecular complexity index is 532. The lowest BCUT2D eigenvalue weighted by Gasteiger charge is -2.34. The van der Waals surface area contributed by atoms with E-state index in [-0.39, 0.29) is 0 Å². The summed E-state index contributed by atoms with van der Waals surface area (Å²) in [5.41, 5.74) is 2.49. The van der Waals surface area contributed by atoms with Crippen molar-refractivity contribution < 1.29 is 4.52 Å². The van der Waals surface area contributed by atoms with Crippen molar-refractivity contribution in [1.82, 2.24) is 19.9 Å². The largest absolute Gasteiger partial charge is 0.361 e. The van der Waals surface area contributed by atoms with Crippen LogP contribution in [0.1, 0.15) is 16.9 Å². The molecule has 0 aromatic carbocycles. The van der Waals surface area contributed by atoms with E-state index in [1.54, 1.807) is 0 Å². The summed E-state index contributed by atoms with van der Waals surface area (Å²) in [5, 5.41) is 3.84. The summed E-state index contributed by atoms with van der Waals surface area (Å²) in [7, 11) is 0. The first-order valence-electron chi connectivity index (χ1n) is 7.05. The molecule has 0 amide bonds. The van der Waals surface area contributed by atoms with Crippen molar-refractivity contribution in [3.8, 4) is 0 Å². The second kappa shape index (κ2) is 6.15. The van der Waals surface area contributed by atoms with Gasteiger partial charge < -0.3 is 4.52 Å². The van der Waals surface area contributed by atoms with Crippen LogP contribution in [0.5, 0.6) is 0 Å². The molecule has 0 spiro atoms.